The van der Waals surface area contributed by atoms with Crippen LogP contribution in [0.2, 0.25) is 0 Å². The van der Waals surface area contributed by atoms with Crippen molar-refractivity contribution in [2.45, 2.75) is 43.7 Å². The molecule has 132 valence electrons. The average molecular weight is 348 g/mol. The largest absolute Gasteiger partial charge is 0.487 e. The number of carbonyl (C=O) groups excluding carboxylic acids is 1. The van der Waals surface area contributed by atoms with Crippen LogP contribution in [-0.4, -0.2) is 16.7 Å². The van der Waals surface area contributed by atoms with E-state index in [0.717, 1.165) is 36.0 Å². The summed E-state index contributed by atoms with van der Waals surface area (Å²) in [6, 6.07) is 15.6. The maximum absolute atomic E-state index is 12.7. The molecule has 1 fully saturated rings. The molecule has 2 aromatic carbocycles. The van der Waals surface area contributed by atoms with Crippen molar-refractivity contribution in [1.29, 1.82) is 0 Å². The highest BCUT2D eigenvalue weighted by molar-refractivity contribution is 5.86. The molecule has 2 aliphatic rings. The number of fused-ring (bicyclic) bond motifs is 2. The number of amides is 1. The fourth-order valence-corrected chi connectivity index (χ4v) is 4.09. The Kier molecular flexibility index (Phi) is 3.48. The van der Waals surface area contributed by atoms with Gasteiger partial charge in [-0.2, -0.15) is 0 Å². The molecule has 1 saturated carbocycles. The van der Waals surface area contributed by atoms with Gasteiger partial charge in [-0.25, -0.2) is 0 Å². The number of hydrogen-bond donors (Lipinski definition) is 1. The van der Waals surface area contributed by atoms with Crippen LogP contribution in [0.25, 0.3) is 11.0 Å². The Morgan fingerprint density at radius 1 is 1.15 bits per heavy atom. The molecule has 1 spiro atoms. The average Bonchev–Trinajstić information content (AvgIpc) is 3.03. The number of rotatable bonds is 3. The van der Waals surface area contributed by atoms with Crippen LogP contribution in [0, 0.1) is 0 Å². The highest BCUT2D eigenvalue weighted by atomic mass is 16.5. The van der Waals surface area contributed by atoms with Crippen LogP contribution in [0.1, 0.15) is 43.0 Å². The Morgan fingerprint density at radius 2 is 1.96 bits per heavy atom. The van der Waals surface area contributed by atoms with Gasteiger partial charge >= 0.3 is 0 Å². The zero-order valence-corrected chi connectivity index (χ0v) is 14.4. The first-order valence-electron chi connectivity index (χ1n) is 9.13. The van der Waals surface area contributed by atoms with E-state index >= 15 is 0 Å². The number of hydrogen-bond acceptors (Lipinski definition) is 4. The van der Waals surface area contributed by atoms with Crippen molar-refractivity contribution in [2.24, 2.45) is 0 Å². The third-order valence-electron chi connectivity index (χ3n) is 5.58. The lowest BCUT2D eigenvalue weighted by atomic mass is 9.73. The van der Waals surface area contributed by atoms with Crippen molar-refractivity contribution < 1.29 is 14.1 Å². The molecule has 5 heteroatoms. The Labute approximate surface area is 151 Å². The van der Waals surface area contributed by atoms with Crippen LogP contribution >= 0.6 is 0 Å². The monoisotopic (exact) mass is 348 g/mol. The van der Waals surface area contributed by atoms with Gasteiger partial charge in [0.25, 0.3) is 0 Å². The molecular weight excluding hydrogens is 328 g/mol. The molecular formula is C21H20N2O3. The molecule has 0 bridgehead atoms. The number of nitrogens with zero attached hydrogens (tertiary/aromatic N) is 1. The molecule has 5 rings (SSSR count). The van der Waals surface area contributed by atoms with Gasteiger partial charge in [0.1, 0.15) is 17.0 Å². The highest BCUT2D eigenvalue weighted by Crippen LogP contribution is 2.48. The van der Waals surface area contributed by atoms with Gasteiger partial charge in [-0.15, -0.1) is 0 Å². The second kappa shape index (κ2) is 5.87. The Morgan fingerprint density at radius 3 is 2.81 bits per heavy atom. The predicted molar refractivity (Wildman–Crippen MR) is 96.9 cm³/mol. The molecule has 1 aromatic heterocycles. The van der Waals surface area contributed by atoms with Gasteiger partial charge in [0, 0.05) is 17.4 Å². The van der Waals surface area contributed by atoms with Crippen LogP contribution in [0.5, 0.6) is 5.75 Å². The first-order valence-corrected chi connectivity index (χ1v) is 9.13. The summed E-state index contributed by atoms with van der Waals surface area (Å²) < 4.78 is 11.6. The standard InChI is InChI=1S/C21H20N2O3/c24-20(12-16-14-6-2-4-9-19(14)26-23-16)22-17-13-21(10-5-11-21)25-18-8-3-1-7-15(17)18/h1-4,6-9,17H,5,10-13H2,(H,22,24)/t17-/m0/s1. The lowest BCUT2D eigenvalue weighted by Gasteiger charge is -2.48. The van der Waals surface area contributed by atoms with Crippen LogP contribution in [0.3, 0.4) is 0 Å². The van der Waals surface area contributed by atoms with Gasteiger partial charge in [-0.05, 0) is 37.5 Å². The van der Waals surface area contributed by atoms with E-state index in [1.54, 1.807) is 0 Å². The summed E-state index contributed by atoms with van der Waals surface area (Å²) in [5, 5.41) is 8.16. The maximum atomic E-state index is 12.7. The van der Waals surface area contributed by atoms with Crippen molar-refractivity contribution in [3.63, 3.8) is 0 Å². The van der Waals surface area contributed by atoms with E-state index in [1.807, 2.05) is 48.5 Å². The summed E-state index contributed by atoms with van der Waals surface area (Å²) in [4.78, 5) is 12.7. The SMILES string of the molecule is O=C(Cc1noc2ccccc12)N[C@H]1CC2(CCC2)Oc2ccccc21. The first-order chi connectivity index (χ1) is 12.7. The van der Waals surface area contributed by atoms with Crippen LogP contribution < -0.4 is 10.1 Å². The molecule has 1 atom stereocenters. The van der Waals surface area contributed by atoms with Gasteiger partial charge in [-0.1, -0.05) is 35.5 Å². The minimum absolute atomic E-state index is 0.0223. The highest BCUT2D eigenvalue weighted by Gasteiger charge is 2.45. The van der Waals surface area contributed by atoms with Gasteiger partial charge < -0.3 is 14.6 Å². The van der Waals surface area contributed by atoms with E-state index in [0.29, 0.717) is 11.3 Å². The second-order valence-corrected chi connectivity index (χ2v) is 7.30. The lowest BCUT2D eigenvalue weighted by Crippen LogP contribution is -2.49. The van der Waals surface area contributed by atoms with Crippen molar-refractivity contribution in [3.8, 4) is 5.75 Å². The Hall–Kier alpha value is -2.82. The van der Waals surface area contributed by atoms with Crippen molar-refractivity contribution in [1.82, 2.24) is 10.5 Å². The molecule has 0 saturated heterocycles. The molecule has 0 unspecified atom stereocenters. The predicted octanol–water partition coefficient (Wildman–Crippen LogP) is 3.93. The molecule has 1 N–H and O–H groups in total. The second-order valence-electron chi connectivity index (χ2n) is 7.30. The molecule has 1 aliphatic heterocycles. The van der Waals surface area contributed by atoms with E-state index < -0.39 is 0 Å². The van der Waals surface area contributed by atoms with Gasteiger partial charge in [-0.3, -0.25) is 4.79 Å². The molecule has 1 amide bonds. The summed E-state index contributed by atoms with van der Waals surface area (Å²) in [5.74, 6) is 0.857. The summed E-state index contributed by atoms with van der Waals surface area (Å²) in [6.45, 7) is 0. The molecule has 3 aromatic rings. The summed E-state index contributed by atoms with van der Waals surface area (Å²) in [6.07, 6.45) is 4.34. The number of benzene rings is 2. The topological polar surface area (TPSA) is 64.4 Å². The lowest BCUT2D eigenvalue weighted by molar-refractivity contribution is -0.122. The van der Waals surface area contributed by atoms with Crippen LogP contribution in [0.4, 0.5) is 0 Å². The van der Waals surface area contributed by atoms with E-state index in [4.69, 9.17) is 9.26 Å². The third kappa shape index (κ3) is 2.55. The zero-order chi connectivity index (χ0) is 17.6. The number of ether oxygens (including phenoxy) is 1. The van der Waals surface area contributed by atoms with Crippen molar-refractivity contribution >= 4 is 16.9 Å². The van der Waals surface area contributed by atoms with Gasteiger partial charge in [0.15, 0.2) is 5.58 Å². The van der Waals surface area contributed by atoms with E-state index in [1.165, 1.54) is 6.42 Å². The normalized spacial score (nSPS) is 20.2. The number of para-hydroxylation sites is 2. The summed E-state index contributed by atoms with van der Waals surface area (Å²) in [7, 11) is 0. The van der Waals surface area contributed by atoms with Gasteiger partial charge in [0.05, 0.1) is 12.5 Å². The molecule has 1 aliphatic carbocycles. The van der Waals surface area contributed by atoms with E-state index in [9.17, 15) is 4.79 Å². The quantitative estimate of drug-likeness (QED) is 0.779. The minimum Gasteiger partial charge on any atom is -0.487 e. The number of aromatic nitrogens is 1. The molecule has 5 nitrogen and oxygen atoms in total. The molecule has 0 radical (unpaired) electrons. The summed E-state index contributed by atoms with van der Waals surface area (Å²) >= 11 is 0. The number of carbonyl (C=O) groups is 1. The van der Waals surface area contributed by atoms with E-state index in [-0.39, 0.29) is 24.0 Å². The maximum Gasteiger partial charge on any atom is 0.226 e. The fourth-order valence-electron chi connectivity index (χ4n) is 4.09. The van der Waals surface area contributed by atoms with E-state index in [2.05, 4.69) is 10.5 Å². The Balaban J connectivity index is 1.37. The minimum atomic E-state index is -0.104. The van der Waals surface area contributed by atoms with Crippen molar-refractivity contribution in [3.05, 3.63) is 59.8 Å². The smallest absolute Gasteiger partial charge is 0.226 e. The van der Waals surface area contributed by atoms with Crippen LogP contribution in [0.15, 0.2) is 53.1 Å². The molecule has 2 heterocycles. The van der Waals surface area contributed by atoms with Crippen molar-refractivity contribution in [2.75, 3.05) is 0 Å². The third-order valence-corrected chi connectivity index (χ3v) is 5.58. The van der Waals surface area contributed by atoms with Gasteiger partial charge in [0.2, 0.25) is 5.91 Å². The fraction of sp³-hybridized carbons (Fsp3) is 0.333. The molecule has 26 heavy (non-hydrogen) atoms. The first kappa shape index (κ1) is 15.4. The Bertz CT molecular complexity index is 974. The summed E-state index contributed by atoms with van der Waals surface area (Å²) in [5.41, 5.74) is 2.34. The van der Waals surface area contributed by atoms with Crippen LogP contribution in [-0.2, 0) is 11.2 Å². The zero-order valence-electron chi connectivity index (χ0n) is 14.4. The number of nitrogens with one attached hydrogen (secondary N) is 1.